The first-order chi connectivity index (χ1) is 28.9. The molecule has 6 rings (SSSR count). The zero-order valence-corrected chi connectivity index (χ0v) is 35.2. The number of hydrogen-bond donors (Lipinski definition) is 3. The van der Waals surface area contributed by atoms with Crippen LogP contribution in [0.25, 0.3) is 11.4 Å². The summed E-state index contributed by atoms with van der Waals surface area (Å²) in [5.41, 5.74) is 3.54. The number of nitrogens with one attached hydrogen (secondary N) is 3. The van der Waals surface area contributed by atoms with Crippen LogP contribution >= 0.6 is 11.6 Å². The van der Waals surface area contributed by atoms with E-state index in [0.717, 1.165) is 91.9 Å². The summed E-state index contributed by atoms with van der Waals surface area (Å²) in [6.07, 6.45) is 9.04. The Hall–Kier alpha value is -4.93. The Labute approximate surface area is 351 Å². The summed E-state index contributed by atoms with van der Waals surface area (Å²) < 4.78 is 30.7. The number of alkyl carbamates (subject to hydrolysis) is 2. The molecule has 2 fully saturated rings. The number of ether oxygens (including phenoxy) is 5. The van der Waals surface area contributed by atoms with Gasteiger partial charge < -0.3 is 38.9 Å². The summed E-state index contributed by atoms with van der Waals surface area (Å²) in [5, 5.41) is 20.5. The van der Waals surface area contributed by atoms with E-state index < -0.39 is 12.2 Å². The van der Waals surface area contributed by atoms with Gasteiger partial charge in [-0.15, -0.1) is 10.2 Å². The molecule has 3 N–H and O–H groups in total. The molecule has 2 aromatic heterocycles. The fraction of sp³-hybridized carbons (Fsp3) is 0.571. The second-order valence-electron chi connectivity index (χ2n) is 15.0. The number of aromatic amines is 1. The molecule has 1 aliphatic heterocycles. The Morgan fingerprint density at radius 2 is 1.75 bits per heavy atom. The fourth-order valence-electron chi connectivity index (χ4n) is 7.89. The van der Waals surface area contributed by atoms with Crippen LogP contribution in [0.3, 0.4) is 0 Å². The predicted molar refractivity (Wildman–Crippen MR) is 222 cm³/mol. The highest BCUT2D eigenvalue weighted by atomic mass is 35.5. The lowest BCUT2D eigenvalue weighted by atomic mass is 9.91. The molecule has 16 nitrogen and oxygen atoms in total. The number of halogens is 1. The van der Waals surface area contributed by atoms with Gasteiger partial charge in [0.05, 0.1) is 32.6 Å². The van der Waals surface area contributed by atoms with Crippen molar-refractivity contribution in [2.24, 2.45) is 0 Å². The smallest absolute Gasteiger partial charge is 0.407 e. The average molecular weight is 836 g/mol. The molecule has 3 heterocycles. The van der Waals surface area contributed by atoms with E-state index in [-0.39, 0.29) is 18.8 Å². The molecular formula is C42H58ClN9O7. The molecule has 1 saturated carbocycles. The molecule has 0 bridgehead atoms. The van der Waals surface area contributed by atoms with Crippen LogP contribution in [0.5, 0.6) is 11.5 Å². The van der Waals surface area contributed by atoms with Crippen molar-refractivity contribution in [1.82, 2.24) is 45.7 Å². The number of methoxy groups -OCH3 is 2. The topological polar surface area (TPSA) is 180 Å². The third kappa shape index (κ3) is 12.3. The molecule has 320 valence electrons. The summed E-state index contributed by atoms with van der Waals surface area (Å²) in [6.45, 7) is 5.56. The van der Waals surface area contributed by atoms with Gasteiger partial charge >= 0.3 is 12.2 Å². The number of nitrogens with zero attached hydrogens (tertiary/aromatic N) is 6. The first kappa shape index (κ1) is 43.6. The number of carbonyl (C=O) groups excluding carboxylic acids is 2. The summed E-state index contributed by atoms with van der Waals surface area (Å²) in [6, 6.07) is 14.1. The predicted octanol–water partition coefficient (Wildman–Crippen LogP) is 6.50. The quantitative estimate of drug-likeness (QED) is 0.0777. The van der Waals surface area contributed by atoms with E-state index in [1.54, 1.807) is 14.2 Å². The number of benzene rings is 2. The Morgan fingerprint density at radius 3 is 2.53 bits per heavy atom. The lowest BCUT2D eigenvalue weighted by molar-refractivity contribution is -0.0319. The molecule has 0 unspecified atom stereocenters. The van der Waals surface area contributed by atoms with Crippen molar-refractivity contribution in [3.05, 3.63) is 70.3 Å². The minimum Gasteiger partial charge on any atom is -0.493 e. The molecule has 2 aliphatic rings. The number of carbonyl (C=O) groups is 2. The van der Waals surface area contributed by atoms with Crippen LogP contribution in [0.1, 0.15) is 87.4 Å². The SMILES string of the molecule is CCCCc1nc(Cl)c(COC(=O)NCCCCNC(=O)O[C@@H]2CCN([C@@H]3CCCC[C@H]3OCCc3ccc(OC)c(OC)c3)C2)n1Cc1ccccc1-c1nn[nH]n1. The second kappa shape index (κ2) is 22.4. The zero-order valence-electron chi connectivity index (χ0n) is 34.4. The van der Waals surface area contributed by atoms with Crippen LogP contribution in [0.2, 0.25) is 5.15 Å². The maximum atomic E-state index is 12.7. The molecule has 2 amide bonds. The number of H-pyrrole nitrogens is 1. The number of aromatic nitrogens is 6. The Balaban J connectivity index is 0.877. The number of tetrazole rings is 1. The van der Waals surface area contributed by atoms with E-state index in [0.29, 0.717) is 68.3 Å². The van der Waals surface area contributed by atoms with E-state index >= 15 is 0 Å². The van der Waals surface area contributed by atoms with Gasteiger partial charge in [-0.05, 0) is 73.4 Å². The third-order valence-electron chi connectivity index (χ3n) is 11.0. The minimum atomic E-state index is -0.558. The first-order valence-electron chi connectivity index (χ1n) is 20.8. The van der Waals surface area contributed by atoms with E-state index in [1.165, 1.54) is 6.42 Å². The van der Waals surface area contributed by atoms with Gasteiger partial charge in [0.25, 0.3) is 0 Å². The van der Waals surface area contributed by atoms with Crippen molar-refractivity contribution < 1.29 is 33.3 Å². The van der Waals surface area contributed by atoms with Crippen LogP contribution in [0.15, 0.2) is 42.5 Å². The maximum absolute atomic E-state index is 12.7. The first-order valence-corrected chi connectivity index (χ1v) is 21.2. The normalized spacial score (nSPS) is 18.1. The summed E-state index contributed by atoms with van der Waals surface area (Å²) in [7, 11) is 3.28. The van der Waals surface area contributed by atoms with Crippen molar-refractivity contribution in [1.29, 1.82) is 0 Å². The molecular weight excluding hydrogens is 778 g/mol. The number of amides is 2. The van der Waals surface area contributed by atoms with Crippen LogP contribution < -0.4 is 20.1 Å². The zero-order chi connectivity index (χ0) is 41.4. The summed E-state index contributed by atoms with van der Waals surface area (Å²) in [5.74, 6) is 2.74. The number of rotatable bonds is 21. The Kier molecular flexibility index (Phi) is 16.6. The fourth-order valence-corrected chi connectivity index (χ4v) is 8.15. The van der Waals surface area contributed by atoms with E-state index in [9.17, 15) is 9.59 Å². The Morgan fingerprint density at radius 1 is 0.949 bits per heavy atom. The van der Waals surface area contributed by atoms with Crippen molar-refractivity contribution >= 4 is 23.8 Å². The molecule has 2 aromatic carbocycles. The van der Waals surface area contributed by atoms with Crippen molar-refractivity contribution in [3.63, 3.8) is 0 Å². The summed E-state index contributed by atoms with van der Waals surface area (Å²) in [4.78, 5) is 32.4. The molecule has 3 atom stereocenters. The number of hydrogen-bond acceptors (Lipinski definition) is 12. The number of likely N-dealkylation sites (tertiary alicyclic amines) is 1. The lowest BCUT2D eigenvalue weighted by Crippen LogP contribution is -2.46. The second-order valence-corrected chi connectivity index (χ2v) is 15.4. The third-order valence-corrected chi connectivity index (χ3v) is 11.3. The van der Waals surface area contributed by atoms with Crippen LogP contribution in [-0.2, 0) is 40.2 Å². The molecule has 0 spiro atoms. The van der Waals surface area contributed by atoms with Gasteiger partial charge in [-0.3, -0.25) is 4.90 Å². The molecule has 4 aromatic rings. The standard InChI is InChI=1S/C42H58ClN9O7/c1-4-5-16-38-46-39(43)34(52(38)26-30-12-6-7-13-32(30)40-47-49-50-48-40)28-58-41(53)44-21-10-11-22-45-42(54)59-31-19-23-51(27-31)33-14-8-9-15-35(33)57-24-20-29-17-18-36(55-2)37(25-29)56-3/h6-7,12-13,17-18,25,31,33,35H,4-5,8-11,14-16,19-24,26-28H2,1-3H3,(H,44,53)(H,45,54)(H,47,48,49,50)/t31-,33-,35-/m1/s1. The molecule has 1 saturated heterocycles. The van der Waals surface area contributed by atoms with Gasteiger partial charge in [0, 0.05) is 50.7 Å². The van der Waals surface area contributed by atoms with Gasteiger partial charge in [0.2, 0.25) is 5.82 Å². The maximum Gasteiger partial charge on any atom is 0.407 e. The van der Waals surface area contributed by atoms with Crippen LogP contribution in [-0.4, -0.2) is 113 Å². The van der Waals surface area contributed by atoms with E-state index in [1.807, 2.05) is 47.0 Å². The van der Waals surface area contributed by atoms with Gasteiger partial charge in [0.1, 0.15) is 18.5 Å². The van der Waals surface area contributed by atoms with Crippen LogP contribution in [0.4, 0.5) is 9.59 Å². The molecule has 1 aliphatic carbocycles. The van der Waals surface area contributed by atoms with E-state index in [2.05, 4.69) is 48.1 Å². The van der Waals surface area contributed by atoms with Gasteiger partial charge in [-0.1, -0.05) is 68.1 Å². The van der Waals surface area contributed by atoms with Gasteiger partial charge in [0.15, 0.2) is 16.7 Å². The average Bonchev–Trinajstić information content (AvgIpc) is 4.02. The molecule has 0 radical (unpaired) electrons. The highest BCUT2D eigenvalue weighted by Crippen LogP contribution is 2.31. The minimum absolute atomic E-state index is 0.0464. The van der Waals surface area contributed by atoms with Gasteiger partial charge in [-0.25, -0.2) is 14.6 Å². The van der Waals surface area contributed by atoms with Crippen LogP contribution in [0, 0.1) is 0 Å². The Bertz CT molecular complexity index is 1930. The van der Waals surface area contributed by atoms with Crippen molar-refractivity contribution in [2.45, 2.75) is 109 Å². The van der Waals surface area contributed by atoms with Gasteiger partial charge in [-0.2, -0.15) is 5.21 Å². The number of imidazole rings is 1. The van der Waals surface area contributed by atoms with Crippen molar-refractivity contribution in [3.8, 4) is 22.9 Å². The summed E-state index contributed by atoms with van der Waals surface area (Å²) >= 11 is 6.61. The lowest BCUT2D eigenvalue weighted by Gasteiger charge is -2.37. The van der Waals surface area contributed by atoms with Crippen molar-refractivity contribution in [2.75, 3.05) is 47.0 Å². The number of unbranched alkanes of at least 4 members (excludes halogenated alkanes) is 2. The molecule has 59 heavy (non-hydrogen) atoms. The highest BCUT2D eigenvalue weighted by Gasteiger charge is 2.36. The van der Waals surface area contributed by atoms with E-state index in [4.69, 9.17) is 35.3 Å². The number of aryl methyl sites for hydroxylation is 1. The highest BCUT2D eigenvalue weighted by molar-refractivity contribution is 6.30. The largest absolute Gasteiger partial charge is 0.493 e. The monoisotopic (exact) mass is 835 g/mol. The molecule has 17 heteroatoms.